The van der Waals surface area contributed by atoms with Crippen LogP contribution in [0.15, 0.2) is 5.38 Å². The SMILES string of the molecule is CCN1CCC(N(C)c2nc(C(C)(C)C(=O)O)cs2)CC1. The predicted molar refractivity (Wildman–Crippen MR) is 86.3 cm³/mol. The van der Waals surface area contributed by atoms with Crippen molar-refractivity contribution < 1.29 is 9.90 Å². The van der Waals surface area contributed by atoms with Crippen LogP contribution in [0.4, 0.5) is 5.13 Å². The van der Waals surface area contributed by atoms with Crippen LogP contribution in [0.3, 0.4) is 0 Å². The Morgan fingerprint density at radius 2 is 2.14 bits per heavy atom. The molecule has 0 amide bonds. The molecule has 0 atom stereocenters. The first-order valence-electron chi connectivity index (χ1n) is 7.50. The van der Waals surface area contributed by atoms with Gasteiger partial charge in [0.1, 0.15) is 5.41 Å². The number of carbonyl (C=O) groups is 1. The Balaban J connectivity index is 2.06. The van der Waals surface area contributed by atoms with Crippen LogP contribution in [0, 0.1) is 0 Å². The third kappa shape index (κ3) is 3.37. The van der Waals surface area contributed by atoms with Gasteiger partial charge in [0.05, 0.1) is 5.69 Å². The largest absolute Gasteiger partial charge is 0.481 e. The average Bonchev–Trinajstić information content (AvgIpc) is 2.97. The summed E-state index contributed by atoms with van der Waals surface area (Å²) < 4.78 is 0. The van der Waals surface area contributed by atoms with Crippen molar-refractivity contribution in [1.29, 1.82) is 0 Å². The van der Waals surface area contributed by atoms with Gasteiger partial charge >= 0.3 is 5.97 Å². The highest BCUT2D eigenvalue weighted by molar-refractivity contribution is 7.13. The van der Waals surface area contributed by atoms with E-state index in [4.69, 9.17) is 0 Å². The summed E-state index contributed by atoms with van der Waals surface area (Å²) in [5.74, 6) is -0.835. The number of carboxylic acid groups (broad SMARTS) is 1. The minimum atomic E-state index is -0.929. The van der Waals surface area contributed by atoms with Gasteiger partial charge in [-0.25, -0.2) is 4.98 Å². The first-order chi connectivity index (χ1) is 9.86. The molecule has 5 nitrogen and oxygen atoms in total. The average molecular weight is 311 g/mol. The van der Waals surface area contributed by atoms with E-state index in [0.717, 1.165) is 37.6 Å². The number of rotatable bonds is 5. The van der Waals surface area contributed by atoms with Crippen molar-refractivity contribution in [3.63, 3.8) is 0 Å². The van der Waals surface area contributed by atoms with Gasteiger partial charge < -0.3 is 14.9 Å². The van der Waals surface area contributed by atoms with Crippen LogP contribution < -0.4 is 4.90 Å². The number of aromatic nitrogens is 1. The van der Waals surface area contributed by atoms with Crippen molar-refractivity contribution in [1.82, 2.24) is 9.88 Å². The molecule has 0 bridgehead atoms. The number of carboxylic acids is 1. The smallest absolute Gasteiger partial charge is 0.315 e. The van der Waals surface area contributed by atoms with E-state index >= 15 is 0 Å². The lowest BCUT2D eigenvalue weighted by Gasteiger charge is -2.36. The number of aliphatic carboxylic acids is 1. The highest BCUT2D eigenvalue weighted by Crippen LogP contribution is 2.31. The van der Waals surface area contributed by atoms with Gasteiger partial charge in [-0.3, -0.25) is 4.79 Å². The third-order valence-electron chi connectivity index (χ3n) is 4.52. The van der Waals surface area contributed by atoms with Crippen LogP contribution in [0.25, 0.3) is 0 Å². The van der Waals surface area contributed by atoms with Gasteiger partial charge in [0.2, 0.25) is 0 Å². The van der Waals surface area contributed by atoms with Crippen molar-refractivity contribution in [3.8, 4) is 0 Å². The topological polar surface area (TPSA) is 56.7 Å². The standard InChI is InChI=1S/C15H25N3O2S/c1-5-18-8-6-11(7-9-18)17(4)14-16-12(10-21-14)15(2,3)13(19)20/h10-11H,5-9H2,1-4H3,(H,19,20). The van der Waals surface area contributed by atoms with Crippen molar-refractivity contribution >= 4 is 22.4 Å². The van der Waals surface area contributed by atoms with E-state index in [2.05, 4.69) is 28.8 Å². The Morgan fingerprint density at radius 3 is 2.67 bits per heavy atom. The Hall–Kier alpha value is -1.14. The molecule has 0 unspecified atom stereocenters. The third-order valence-corrected chi connectivity index (χ3v) is 5.45. The molecule has 1 aromatic heterocycles. The molecule has 2 rings (SSSR count). The fraction of sp³-hybridized carbons (Fsp3) is 0.733. The number of likely N-dealkylation sites (tertiary alicyclic amines) is 1. The molecule has 21 heavy (non-hydrogen) atoms. The Kier molecular flexibility index (Phi) is 4.88. The summed E-state index contributed by atoms with van der Waals surface area (Å²) in [6.07, 6.45) is 2.28. The number of hydrogen-bond donors (Lipinski definition) is 1. The molecule has 118 valence electrons. The van der Waals surface area contributed by atoms with Gasteiger partial charge in [-0.15, -0.1) is 11.3 Å². The van der Waals surface area contributed by atoms with Crippen LogP contribution in [-0.4, -0.2) is 53.7 Å². The molecule has 0 aliphatic carbocycles. The van der Waals surface area contributed by atoms with E-state index in [-0.39, 0.29) is 0 Å². The summed E-state index contributed by atoms with van der Waals surface area (Å²) in [5, 5.41) is 12.1. The maximum atomic E-state index is 11.3. The molecule has 6 heteroatoms. The Morgan fingerprint density at radius 1 is 1.52 bits per heavy atom. The number of nitrogens with zero attached hydrogens (tertiary/aromatic N) is 3. The number of thiazole rings is 1. The maximum Gasteiger partial charge on any atom is 0.315 e. The maximum absolute atomic E-state index is 11.3. The quantitative estimate of drug-likeness (QED) is 0.905. The summed E-state index contributed by atoms with van der Waals surface area (Å²) >= 11 is 1.54. The van der Waals surface area contributed by atoms with Crippen molar-refractivity contribution in [3.05, 3.63) is 11.1 Å². The highest BCUT2D eigenvalue weighted by atomic mass is 32.1. The molecule has 0 aromatic carbocycles. The minimum absolute atomic E-state index is 0.500. The minimum Gasteiger partial charge on any atom is -0.481 e. The van der Waals surface area contributed by atoms with Gasteiger partial charge in [0.15, 0.2) is 5.13 Å². The number of anilines is 1. The first kappa shape index (κ1) is 16.2. The van der Waals surface area contributed by atoms with Crippen molar-refractivity contribution in [2.75, 3.05) is 31.6 Å². The van der Waals surface area contributed by atoms with E-state index in [1.807, 2.05) is 5.38 Å². The zero-order chi connectivity index (χ0) is 15.6. The van der Waals surface area contributed by atoms with E-state index in [1.165, 1.54) is 0 Å². The monoisotopic (exact) mass is 311 g/mol. The zero-order valence-corrected chi connectivity index (χ0v) is 14.1. The van der Waals surface area contributed by atoms with E-state index in [9.17, 15) is 9.90 Å². The second-order valence-electron chi connectivity index (χ2n) is 6.22. The number of hydrogen-bond acceptors (Lipinski definition) is 5. The second-order valence-corrected chi connectivity index (χ2v) is 7.06. The van der Waals surface area contributed by atoms with E-state index < -0.39 is 11.4 Å². The normalized spacial score (nSPS) is 17.9. The summed E-state index contributed by atoms with van der Waals surface area (Å²) in [6.45, 7) is 8.98. The predicted octanol–water partition coefficient (Wildman–Crippen LogP) is 2.43. The van der Waals surface area contributed by atoms with Gasteiger partial charge in [0.25, 0.3) is 0 Å². The molecule has 1 aromatic rings. The van der Waals surface area contributed by atoms with Crippen LogP contribution in [0.5, 0.6) is 0 Å². The molecule has 2 heterocycles. The van der Waals surface area contributed by atoms with Crippen LogP contribution >= 0.6 is 11.3 Å². The summed E-state index contributed by atoms with van der Waals surface area (Å²) in [7, 11) is 2.07. The second kappa shape index (κ2) is 6.32. The molecular formula is C15H25N3O2S. The zero-order valence-electron chi connectivity index (χ0n) is 13.3. The molecular weight excluding hydrogens is 286 g/mol. The fourth-order valence-corrected chi connectivity index (χ4v) is 3.63. The van der Waals surface area contributed by atoms with Crippen molar-refractivity contribution in [2.45, 2.75) is 45.1 Å². The fourth-order valence-electron chi connectivity index (χ4n) is 2.60. The summed E-state index contributed by atoms with van der Waals surface area (Å²) in [5.41, 5.74) is -0.283. The highest BCUT2D eigenvalue weighted by Gasteiger charge is 2.33. The Bertz CT molecular complexity index is 493. The first-order valence-corrected chi connectivity index (χ1v) is 8.38. The molecule has 0 saturated carbocycles. The van der Waals surface area contributed by atoms with Crippen LogP contribution in [0.1, 0.15) is 39.3 Å². The van der Waals surface area contributed by atoms with Gasteiger partial charge in [-0.1, -0.05) is 6.92 Å². The molecule has 1 aliphatic rings. The lowest BCUT2D eigenvalue weighted by atomic mass is 9.90. The lowest BCUT2D eigenvalue weighted by molar-refractivity contribution is -0.142. The van der Waals surface area contributed by atoms with E-state index in [1.54, 1.807) is 25.2 Å². The molecule has 1 fully saturated rings. The van der Waals surface area contributed by atoms with Gasteiger partial charge in [-0.05, 0) is 33.2 Å². The van der Waals surface area contributed by atoms with E-state index in [0.29, 0.717) is 11.7 Å². The summed E-state index contributed by atoms with van der Waals surface area (Å²) in [4.78, 5) is 20.6. The van der Waals surface area contributed by atoms with Crippen molar-refractivity contribution in [2.24, 2.45) is 0 Å². The van der Waals surface area contributed by atoms with Gasteiger partial charge in [0, 0.05) is 31.6 Å². The Labute approximate surface area is 130 Å². The molecule has 0 spiro atoms. The van der Waals surface area contributed by atoms with Crippen LogP contribution in [-0.2, 0) is 10.2 Å². The molecule has 1 aliphatic heterocycles. The molecule has 1 saturated heterocycles. The molecule has 1 N–H and O–H groups in total. The number of piperidine rings is 1. The van der Waals surface area contributed by atoms with Crippen LogP contribution in [0.2, 0.25) is 0 Å². The summed E-state index contributed by atoms with van der Waals surface area (Å²) in [6, 6.07) is 0.500. The lowest BCUT2D eigenvalue weighted by Crippen LogP contribution is -2.43. The van der Waals surface area contributed by atoms with Gasteiger partial charge in [-0.2, -0.15) is 0 Å². The molecule has 0 radical (unpaired) electrons.